The van der Waals surface area contributed by atoms with Gasteiger partial charge in [-0.2, -0.15) is 0 Å². The number of hydrogen-bond acceptors (Lipinski definition) is 3. The third-order valence-corrected chi connectivity index (χ3v) is 37.2. The van der Waals surface area contributed by atoms with Gasteiger partial charge in [-0.05, 0) is 0 Å². The van der Waals surface area contributed by atoms with E-state index in [1.54, 1.807) is 0 Å². The van der Waals surface area contributed by atoms with E-state index in [9.17, 15) is 0 Å². The normalized spacial score (nSPS) is 19.5. The molecule has 0 fully saturated rings. The quantitative estimate of drug-likeness (QED) is 0.652. The first-order valence-corrected chi connectivity index (χ1v) is 15.8. The number of nitrogens with zero attached hydrogens (tertiary/aromatic N) is 3. The predicted octanol–water partition coefficient (Wildman–Crippen LogP) is 2.46. The van der Waals surface area contributed by atoms with Crippen LogP contribution in [-0.2, 0) is 19.4 Å². The molecular formula is C13H28HfN3. The summed E-state index contributed by atoms with van der Waals surface area (Å²) in [5.74, 6) is 0. The van der Waals surface area contributed by atoms with Crippen LogP contribution in [0.15, 0.2) is 24.3 Å². The molecule has 0 heterocycles. The van der Waals surface area contributed by atoms with Gasteiger partial charge in [0.15, 0.2) is 0 Å². The Labute approximate surface area is 109 Å². The van der Waals surface area contributed by atoms with Crippen molar-refractivity contribution >= 4 is 0 Å². The van der Waals surface area contributed by atoms with Gasteiger partial charge in [-0.1, -0.05) is 0 Å². The van der Waals surface area contributed by atoms with Gasteiger partial charge in [0.05, 0.1) is 0 Å². The van der Waals surface area contributed by atoms with Crippen molar-refractivity contribution in [2.75, 3.05) is 42.3 Å². The summed E-state index contributed by atoms with van der Waals surface area (Å²) in [5, 5.41) is 0. The fourth-order valence-corrected chi connectivity index (χ4v) is 31.3. The van der Waals surface area contributed by atoms with E-state index in [1.807, 2.05) is 0 Å². The van der Waals surface area contributed by atoms with Crippen LogP contribution >= 0.6 is 0 Å². The van der Waals surface area contributed by atoms with Crippen molar-refractivity contribution in [3.63, 3.8) is 0 Å². The molecule has 0 unspecified atom stereocenters. The molecule has 0 saturated carbocycles. The van der Waals surface area contributed by atoms with Crippen LogP contribution in [0, 0.1) is 0 Å². The Morgan fingerprint density at radius 3 is 1.41 bits per heavy atom. The Kier molecular flexibility index (Phi) is 4.57. The standard InChI is InChI=1S/C5H5.3C2H6N.C2H5.Hf/c1-2-4-5-3-1;3*1-3-2;1-2;/h1-5H;3*1-2H3;1H2,2H3;/q;3*-1;;+3. The van der Waals surface area contributed by atoms with Gasteiger partial charge in [0, 0.05) is 0 Å². The van der Waals surface area contributed by atoms with Crippen LogP contribution in [0.2, 0.25) is 7.85 Å². The second-order valence-corrected chi connectivity index (χ2v) is 30.1. The summed E-state index contributed by atoms with van der Waals surface area (Å²) in [6.45, 7) is 2.36. The molecule has 0 amide bonds. The minimum atomic E-state index is -3.48. The zero-order valence-electron chi connectivity index (χ0n) is 12.4. The molecule has 17 heavy (non-hydrogen) atoms. The van der Waals surface area contributed by atoms with E-state index in [4.69, 9.17) is 0 Å². The Morgan fingerprint density at radius 1 is 0.824 bits per heavy atom. The van der Waals surface area contributed by atoms with Crippen molar-refractivity contribution < 1.29 is 19.4 Å². The number of allylic oxidation sites excluding steroid dienone is 4. The molecule has 0 radical (unpaired) electrons. The molecule has 0 aromatic rings. The van der Waals surface area contributed by atoms with E-state index in [0.29, 0.717) is 3.67 Å². The maximum absolute atomic E-state index is 3.48. The van der Waals surface area contributed by atoms with Crippen LogP contribution in [-0.4, -0.2) is 50.9 Å². The summed E-state index contributed by atoms with van der Waals surface area (Å²) in [6.07, 6.45) is 9.18. The Hall–Kier alpha value is 0.230. The first-order chi connectivity index (χ1) is 7.84. The minimum absolute atomic E-state index is 0.581. The molecule has 1 aliphatic carbocycles. The molecule has 1 rings (SSSR count). The average Bonchev–Trinajstić information content (AvgIpc) is 2.72. The zero-order valence-corrected chi connectivity index (χ0v) is 16.0. The molecule has 0 N–H and O–H groups in total. The van der Waals surface area contributed by atoms with Gasteiger partial charge in [-0.15, -0.1) is 0 Å². The van der Waals surface area contributed by atoms with Gasteiger partial charge in [0.1, 0.15) is 0 Å². The Bertz CT molecular complexity index is 295. The first kappa shape index (κ1) is 15.3. The summed E-state index contributed by atoms with van der Waals surface area (Å²) in [6, 6.07) is 0. The van der Waals surface area contributed by atoms with Crippen molar-refractivity contribution in [2.45, 2.75) is 14.8 Å². The SMILES string of the molecule is C[CH2][Hf]([CH]1C=CC=C1)([N](C)C)([N](C)C)[N](C)C. The molecule has 0 atom stereocenters. The van der Waals surface area contributed by atoms with E-state index >= 15 is 0 Å². The van der Waals surface area contributed by atoms with E-state index < -0.39 is 19.4 Å². The molecule has 3 nitrogen and oxygen atoms in total. The maximum atomic E-state index is 2.56. The van der Waals surface area contributed by atoms with E-state index in [1.165, 1.54) is 4.18 Å². The predicted molar refractivity (Wildman–Crippen MR) is 73.6 cm³/mol. The van der Waals surface area contributed by atoms with Gasteiger partial charge in [-0.3, -0.25) is 0 Å². The average molecular weight is 405 g/mol. The van der Waals surface area contributed by atoms with Gasteiger partial charge in [0.25, 0.3) is 0 Å². The van der Waals surface area contributed by atoms with E-state index in [0.717, 1.165) is 0 Å². The Balaban J connectivity index is 3.51. The molecule has 0 aromatic heterocycles. The molecule has 0 aromatic carbocycles. The summed E-state index contributed by atoms with van der Waals surface area (Å²) in [5.41, 5.74) is 0. The molecule has 0 saturated heterocycles. The van der Waals surface area contributed by atoms with Crippen molar-refractivity contribution in [1.29, 1.82) is 0 Å². The number of hydrogen-bond donors (Lipinski definition) is 0. The van der Waals surface area contributed by atoms with Crippen molar-refractivity contribution in [2.24, 2.45) is 0 Å². The number of rotatable bonds is 5. The van der Waals surface area contributed by atoms with Crippen LogP contribution in [0.3, 0.4) is 0 Å². The molecule has 1 aliphatic rings. The topological polar surface area (TPSA) is 9.72 Å². The van der Waals surface area contributed by atoms with Gasteiger partial charge >= 0.3 is 109 Å². The monoisotopic (exact) mass is 406 g/mol. The molecule has 4 heteroatoms. The summed E-state index contributed by atoms with van der Waals surface area (Å²) in [7, 11) is 13.6. The summed E-state index contributed by atoms with van der Waals surface area (Å²) >= 11 is -3.48. The van der Waals surface area contributed by atoms with Crippen LogP contribution < -0.4 is 0 Å². The van der Waals surface area contributed by atoms with Crippen LogP contribution in [0.5, 0.6) is 0 Å². The first-order valence-electron chi connectivity index (χ1n) is 6.37. The third kappa shape index (κ3) is 1.76. The zero-order chi connectivity index (χ0) is 13.3. The molecular weight excluding hydrogens is 377 g/mol. The molecule has 0 bridgehead atoms. The molecule has 99 valence electrons. The van der Waals surface area contributed by atoms with Gasteiger partial charge in [-0.25, -0.2) is 0 Å². The van der Waals surface area contributed by atoms with Crippen LogP contribution in [0.1, 0.15) is 6.92 Å². The van der Waals surface area contributed by atoms with Gasteiger partial charge < -0.3 is 0 Å². The third-order valence-electron chi connectivity index (χ3n) is 5.03. The van der Waals surface area contributed by atoms with Crippen LogP contribution in [0.4, 0.5) is 0 Å². The Morgan fingerprint density at radius 2 is 1.18 bits per heavy atom. The summed E-state index contributed by atoms with van der Waals surface area (Å²) < 4.78 is 9.49. The fourth-order valence-electron chi connectivity index (χ4n) is 4.10. The molecule has 0 aliphatic heterocycles. The van der Waals surface area contributed by atoms with Crippen molar-refractivity contribution in [1.82, 2.24) is 8.66 Å². The van der Waals surface area contributed by atoms with Crippen molar-refractivity contribution in [3.05, 3.63) is 24.3 Å². The second kappa shape index (κ2) is 5.08. The van der Waals surface area contributed by atoms with Gasteiger partial charge in [0.2, 0.25) is 0 Å². The second-order valence-electron chi connectivity index (χ2n) is 5.70. The van der Waals surface area contributed by atoms with Crippen LogP contribution in [0.25, 0.3) is 0 Å². The molecule has 0 spiro atoms. The van der Waals surface area contributed by atoms with E-state index in [-0.39, 0.29) is 0 Å². The fraction of sp³-hybridized carbons (Fsp3) is 0.692. The van der Waals surface area contributed by atoms with E-state index in [2.05, 4.69) is 82.2 Å². The van der Waals surface area contributed by atoms with Crippen molar-refractivity contribution in [3.8, 4) is 0 Å². The summed E-state index contributed by atoms with van der Waals surface area (Å²) in [4.78, 5) is 0.